The molecule has 0 spiro atoms. The average molecular weight is 341 g/mol. The van der Waals surface area contributed by atoms with E-state index < -0.39 is 5.97 Å². The number of hydrogen-bond donors (Lipinski definition) is 2. The number of benzene rings is 1. The molecule has 1 rings (SSSR count). The van der Waals surface area contributed by atoms with Gasteiger partial charge >= 0.3 is 12.0 Å². The summed E-state index contributed by atoms with van der Waals surface area (Å²) in [6.45, 7) is 5.98. The zero-order valence-corrected chi connectivity index (χ0v) is 12.8. The Hall–Kier alpha value is -1.82. The molecule has 108 valence electrons. The highest BCUT2D eigenvalue weighted by molar-refractivity contribution is 9.11. The standard InChI is InChI=1S/C14H17BrN2O3/c1-10-3-5-12(6-4-10)17(8-7-13(18)19)14(20)16-9-11(2)15/h3-6H,2,7-9H2,1H3,(H,16,20)(H,18,19). The minimum absolute atomic E-state index is 0.110. The van der Waals surface area contributed by atoms with Crippen molar-refractivity contribution in [2.75, 3.05) is 18.0 Å². The number of halogens is 1. The summed E-state index contributed by atoms with van der Waals surface area (Å²) in [4.78, 5) is 24.2. The van der Waals surface area contributed by atoms with E-state index in [0.717, 1.165) is 5.56 Å². The summed E-state index contributed by atoms with van der Waals surface area (Å²) in [6, 6.07) is 6.98. The Morgan fingerprint density at radius 2 is 1.95 bits per heavy atom. The van der Waals surface area contributed by atoms with Gasteiger partial charge in [-0.3, -0.25) is 9.69 Å². The van der Waals surface area contributed by atoms with Crippen molar-refractivity contribution in [1.82, 2.24) is 5.32 Å². The summed E-state index contributed by atoms with van der Waals surface area (Å²) in [6.07, 6.45) is -0.115. The van der Waals surface area contributed by atoms with Crippen LogP contribution in [0.1, 0.15) is 12.0 Å². The van der Waals surface area contributed by atoms with Crippen molar-refractivity contribution in [1.29, 1.82) is 0 Å². The number of anilines is 1. The largest absolute Gasteiger partial charge is 0.481 e. The van der Waals surface area contributed by atoms with E-state index in [2.05, 4.69) is 27.8 Å². The van der Waals surface area contributed by atoms with Crippen LogP contribution in [0.3, 0.4) is 0 Å². The number of carbonyl (C=O) groups excluding carboxylic acids is 1. The fraction of sp³-hybridized carbons (Fsp3) is 0.286. The van der Waals surface area contributed by atoms with Gasteiger partial charge in [-0.25, -0.2) is 4.79 Å². The molecule has 2 N–H and O–H groups in total. The van der Waals surface area contributed by atoms with E-state index in [1.165, 1.54) is 4.90 Å². The number of carbonyl (C=O) groups is 2. The molecule has 0 fully saturated rings. The molecule has 0 radical (unpaired) electrons. The van der Waals surface area contributed by atoms with E-state index in [0.29, 0.717) is 10.2 Å². The lowest BCUT2D eigenvalue weighted by atomic mass is 10.2. The third-order valence-corrected chi connectivity index (χ3v) is 2.85. The Morgan fingerprint density at radius 1 is 1.35 bits per heavy atom. The maximum absolute atomic E-state index is 12.1. The highest BCUT2D eigenvalue weighted by Gasteiger charge is 2.16. The molecule has 0 aliphatic rings. The zero-order valence-electron chi connectivity index (χ0n) is 11.2. The highest BCUT2D eigenvalue weighted by atomic mass is 79.9. The molecule has 5 nitrogen and oxygen atoms in total. The summed E-state index contributed by atoms with van der Waals surface area (Å²) in [5, 5.41) is 11.4. The van der Waals surface area contributed by atoms with Crippen molar-refractivity contribution in [2.24, 2.45) is 0 Å². The number of rotatable bonds is 6. The number of carboxylic acids is 1. The molecule has 1 aromatic carbocycles. The normalized spacial score (nSPS) is 9.90. The summed E-state index contributed by atoms with van der Waals surface area (Å²) >= 11 is 3.16. The van der Waals surface area contributed by atoms with Crippen LogP contribution in [0.25, 0.3) is 0 Å². The Balaban J connectivity index is 2.83. The predicted molar refractivity (Wildman–Crippen MR) is 82.2 cm³/mol. The number of aliphatic carboxylic acids is 1. The first kappa shape index (κ1) is 16.2. The maximum Gasteiger partial charge on any atom is 0.322 e. The summed E-state index contributed by atoms with van der Waals surface area (Å²) in [5.74, 6) is -0.945. The Bertz CT molecular complexity index is 500. The van der Waals surface area contributed by atoms with Gasteiger partial charge in [-0.1, -0.05) is 40.2 Å². The van der Waals surface area contributed by atoms with Gasteiger partial charge in [0.25, 0.3) is 0 Å². The van der Waals surface area contributed by atoms with Crippen molar-refractivity contribution >= 4 is 33.6 Å². The van der Waals surface area contributed by atoms with E-state index >= 15 is 0 Å². The van der Waals surface area contributed by atoms with Gasteiger partial charge in [-0.05, 0) is 19.1 Å². The molecule has 0 heterocycles. The molecule has 0 aliphatic carbocycles. The fourth-order valence-corrected chi connectivity index (χ4v) is 1.69. The van der Waals surface area contributed by atoms with E-state index in [9.17, 15) is 9.59 Å². The minimum atomic E-state index is -0.945. The molecule has 0 atom stereocenters. The molecule has 0 saturated carbocycles. The lowest BCUT2D eigenvalue weighted by Gasteiger charge is -2.22. The summed E-state index contributed by atoms with van der Waals surface area (Å²) < 4.78 is 0.646. The van der Waals surface area contributed by atoms with Crippen LogP contribution in [-0.4, -0.2) is 30.2 Å². The van der Waals surface area contributed by atoms with Crippen molar-refractivity contribution in [3.8, 4) is 0 Å². The third kappa shape index (κ3) is 5.44. The molecular weight excluding hydrogens is 324 g/mol. The molecule has 0 aliphatic heterocycles. The number of urea groups is 1. The zero-order chi connectivity index (χ0) is 15.1. The second kappa shape index (κ2) is 7.69. The predicted octanol–water partition coefficient (Wildman–Crippen LogP) is 2.89. The van der Waals surface area contributed by atoms with Crippen LogP contribution in [0.5, 0.6) is 0 Å². The van der Waals surface area contributed by atoms with E-state index in [4.69, 9.17) is 5.11 Å². The third-order valence-electron chi connectivity index (χ3n) is 2.57. The van der Waals surface area contributed by atoms with Crippen LogP contribution in [0.4, 0.5) is 10.5 Å². The molecule has 0 saturated heterocycles. The Kier molecular flexibility index (Phi) is 6.24. The fourth-order valence-electron chi connectivity index (χ4n) is 1.55. The SMILES string of the molecule is C=C(Br)CNC(=O)N(CCC(=O)O)c1ccc(C)cc1. The topological polar surface area (TPSA) is 69.6 Å². The first-order chi connectivity index (χ1) is 9.40. The van der Waals surface area contributed by atoms with E-state index in [1.807, 2.05) is 19.1 Å². The monoisotopic (exact) mass is 340 g/mol. The number of nitrogens with one attached hydrogen (secondary N) is 1. The molecule has 6 heteroatoms. The molecule has 1 aromatic rings. The van der Waals surface area contributed by atoms with Crippen LogP contribution < -0.4 is 10.2 Å². The van der Waals surface area contributed by atoms with Gasteiger partial charge in [-0.2, -0.15) is 0 Å². The summed E-state index contributed by atoms with van der Waals surface area (Å²) in [5.41, 5.74) is 1.73. The van der Waals surface area contributed by atoms with Crippen molar-refractivity contribution in [3.63, 3.8) is 0 Å². The van der Waals surface area contributed by atoms with Crippen LogP contribution in [0.15, 0.2) is 35.3 Å². The van der Waals surface area contributed by atoms with Gasteiger partial charge in [0.2, 0.25) is 0 Å². The molecule has 0 unspecified atom stereocenters. The van der Waals surface area contributed by atoms with E-state index in [1.54, 1.807) is 12.1 Å². The lowest BCUT2D eigenvalue weighted by molar-refractivity contribution is -0.136. The first-order valence-corrected chi connectivity index (χ1v) is 6.86. The summed E-state index contributed by atoms with van der Waals surface area (Å²) in [7, 11) is 0. The van der Waals surface area contributed by atoms with Gasteiger partial charge in [-0.15, -0.1) is 0 Å². The highest BCUT2D eigenvalue weighted by Crippen LogP contribution is 2.16. The second-order valence-corrected chi connectivity index (χ2v) is 5.43. The average Bonchev–Trinajstić information content (AvgIpc) is 2.38. The molecular formula is C14H17BrN2O3. The number of carboxylic acid groups (broad SMARTS) is 1. The molecule has 0 aromatic heterocycles. The lowest BCUT2D eigenvalue weighted by Crippen LogP contribution is -2.41. The molecule has 20 heavy (non-hydrogen) atoms. The Morgan fingerprint density at radius 3 is 2.45 bits per heavy atom. The number of hydrogen-bond acceptors (Lipinski definition) is 2. The van der Waals surface area contributed by atoms with Crippen LogP contribution in [0, 0.1) is 6.92 Å². The van der Waals surface area contributed by atoms with Gasteiger partial charge < -0.3 is 10.4 Å². The van der Waals surface area contributed by atoms with Crippen LogP contribution in [-0.2, 0) is 4.79 Å². The minimum Gasteiger partial charge on any atom is -0.481 e. The van der Waals surface area contributed by atoms with Gasteiger partial charge in [0.05, 0.1) is 13.0 Å². The van der Waals surface area contributed by atoms with Gasteiger partial charge in [0.1, 0.15) is 0 Å². The molecule has 0 bridgehead atoms. The van der Waals surface area contributed by atoms with E-state index in [-0.39, 0.29) is 25.5 Å². The van der Waals surface area contributed by atoms with Crippen molar-refractivity contribution < 1.29 is 14.7 Å². The van der Waals surface area contributed by atoms with Crippen molar-refractivity contribution in [3.05, 3.63) is 40.9 Å². The number of amides is 2. The smallest absolute Gasteiger partial charge is 0.322 e. The second-order valence-electron chi connectivity index (χ2n) is 4.31. The number of aryl methyl sites for hydroxylation is 1. The Labute approximate surface area is 126 Å². The molecule has 2 amide bonds. The van der Waals surface area contributed by atoms with Crippen LogP contribution >= 0.6 is 15.9 Å². The van der Waals surface area contributed by atoms with Crippen molar-refractivity contribution in [2.45, 2.75) is 13.3 Å². The first-order valence-electron chi connectivity index (χ1n) is 6.07. The maximum atomic E-state index is 12.1. The van der Waals surface area contributed by atoms with Crippen LogP contribution in [0.2, 0.25) is 0 Å². The number of nitrogens with zero attached hydrogens (tertiary/aromatic N) is 1. The van der Waals surface area contributed by atoms with Gasteiger partial charge in [0, 0.05) is 16.7 Å². The quantitative estimate of drug-likeness (QED) is 0.836. The van der Waals surface area contributed by atoms with Gasteiger partial charge in [0.15, 0.2) is 0 Å².